The number of fused-ring (bicyclic) bond motifs is 1. The number of halogens is 2. The summed E-state index contributed by atoms with van der Waals surface area (Å²) in [4.78, 5) is 11.2. The molecule has 208 valence electrons. The highest BCUT2D eigenvalue weighted by molar-refractivity contribution is 7.89. The van der Waals surface area contributed by atoms with Gasteiger partial charge in [-0.25, -0.2) is 27.1 Å². The Morgan fingerprint density at radius 1 is 1.10 bits per heavy atom. The van der Waals surface area contributed by atoms with Gasteiger partial charge in [-0.2, -0.15) is 4.39 Å². The van der Waals surface area contributed by atoms with Crippen molar-refractivity contribution >= 4 is 38.0 Å². The maximum atomic E-state index is 14.9. The number of nitrogens with zero attached hydrogens (tertiary/aromatic N) is 5. The monoisotopic (exact) mass is 575 g/mol. The Kier molecular flexibility index (Phi) is 7.99. The smallest absolute Gasteiger partial charge is 0.214 e. The first-order chi connectivity index (χ1) is 18.7. The van der Waals surface area contributed by atoms with Crippen LogP contribution >= 0.6 is 11.3 Å². The molecule has 8 nitrogen and oxygen atoms in total. The third kappa shape index (κ3) is 5.56. The molecule has 0 atom stereocenters. The highest BCUT2D eigenvalue weighted by atomic mass is 32.2. The molecule has 4 heterocycles. The number of hydrogen-bond acceptors (Lipinski definition) is 7. The van der Waals surface area contributed by atoms with Crippen LogP contribution in [0.2, 0.25) is 0 Å². The minimum Gasteiger partial charge on any atom is -0.396 e. The highest BCUT2D eigenvalue weighted by Crippen LogP contribution is 2.37. The number of piperidine rings is 1. The summed E-state index contributed by atoms with van der Waals surface area (Å²) in [5.41, 5.74) is 3.37. The number of hydrogen-bond donors (Lipinski definition) is 1. The molecule has 1 aromatic carbocycles. The molecule has 1 aliphatic rings. The van der Waals surface area contributed by atoms with Crippen molar-refractivity contribution in [1.82, 2.24) is 18.7 Å². The Bertz CT molecular complexity index is 1560. The molecular weight excluding hydrogens is 544 g/mol. The average Bonchev–Trinajstić information content (AvgIpc) is 3.52. The van der Waals surface area contributed by atoms with Gasteiger partial charge in [0, 0.05) is 38.5 Å². The third-order valence-electron chi connectivity index (χ3n) is 7.20. The van der Waals surface area contributed by atoms with Crippen LogP contribution in [0.1, 0.15) is 43.4 Å². The number of thiazole rings is 1. The summed E-state index contributed by atoms with van der Waals surface area (Å²) in [6.07, 6.45) is 4.34. The minimum absolute atomic E-state index is 0.0368. The lowest BCUT2D eigenvalue weighted by Gasteiger charge is -2.31. The van der Waals surface area contributed by atoms with E-state index in [0.717, 1.165) is 34.1 Å². The fraction of sp³-hybridized carbons (Fsp3) is 0.407. The molecule has 1 fully saturated rings. The van der Waals surface area contributed by atoms with Gasteiger partial charge in [-0.3, -0.25) is 4.40 Å². The second kappa shape index (κ2) is 11.3. The first-order valence-electron chi connectivity index (χ1n) is 13.0. The zero-order chi connectivity index (χ0) is 27.7. The lowest BCUT2D eigenvalue weighted by Crippen LogP contribution is -2.39. The summed E-state index contributed by atoms with van der Waals surface area (Å²) in [6, 6.07) is 9.60. The van der Waals surface area contributed by atoms with Crippen molar-refractivity contribution in [2.24, 2.45) is 0 Å². The topological polar surface area (TPSA) is 91.0 Å². The van der Waals surface area contributed by atoms with E-state index in [0.29, 0.717) is 43.0 Å². The van der Waals surface area contributed by atoms with Crippen LogP contribution in [0.4, 0.5) is 19.7 Å². The number of aliphatic hydroxyl groups excluding tert-OH is 1. The van der Waals surface area contributed by atoms with Gasteiger partial charge in [-0.1, -0.05) is 24.3 Å². The Labute approximate surface area is 230 Å². The molecule has 1 aliphatic heterocycles. The molecule has 0 unspecified atom stereocenters. The first kappa shape index (κ1) is 27.6. The van der Waals surface area contributed by atoms with E-state index in [1.165, 1.54) is 28.6 Å². The van der Waals surface area contributed by atoms with Crippen LogP contribution < -0.4 is 4.90 Å². The van der Waals surface area contributed by atoms with Gasteiger partial charge in [0.25, 0.3) is 0 Å². The number of aromatic nitrogens is 3. The second-order valence-corrected chi connectivity index (χ2v) is 12.7. The van der Waals surface area contributed by atoms with Gasteiger partial charge in [0.1, 0.15) is 23.0 Å². The predicted molar refractivity (Wildman–Crippen MR) is 149 cm³/mol. The van der Waals surface area contributed by atoms with E-state index in [2.05, 4.69) is 4.98 Å². The molecular formula is C27H31F2N5O3S2. The number of sulfonamides is 1. The molecule has 1 saturated heterocycles. The summed E-state index contributed by atoms with van der Waals surface area (Å²) in [7, 11) is -1.53. The van der Waals surface area contributed by atoms with E-state index in [9.17, 15) is 17.2 Å². The van der Waals surface area contributed by atoms with Crippen molar-refractivity contribution in [3.05, 3.63) is 64.8 Å². The average molecular weight is 576 g/mol. The predicted octanol–water partition coefficient (Wildman–Crippen LogP) is 4.96. The van der Waals surface area contributed by atoms with Crippen LogP contribution in [0.3, 0.4) is 0 Å². The van der Waals surface area contributed by atoms with E-state index >= 15 is 0 Å². The Morgan fingerprint density at radius 2 is 1.82 bits per heavy atom. The molecule has 1 N–H and O–H groups in total. The van der Waals surface area contributed by atoms with E-state index in [1.54, 1.807) is 0 Å². The van der Waals surface area contributed by atoms with Gasteiger partial charge in [0.05, 0.1) is 11.4 Å². The van der Waals surface area contributed by atoms with Gasteiger partial charge in [-0.05, 0) is 67.5 Å². The lowest BCUT2D eigenvalue weighted by atomic mass is 9.91. The van der Waals surface area contributed by atoms with Crippen molar-refractivity contribution in [2.75, 3.05) is 37.4 Å². The quantitative estimate of drug-likeness (QED) is 0.304. The van der Waals surface area contributed by atoms with Crippen molar-refractivity contribution in [3.63, 3.8) is 0 Å². The SMILES string of the molecule is CCc1nc2ccc(C3CCN(S(=O)(=O)CCCO)CC3)cn2c1N(C)c1nc(-c2ccc(F)cc2)c(F)s1. The summed E-state index contributed by atoms with van der Waals surface area (Å²) < 4.78 is 56.9. The van der Waals surface area contributed by atoms with Gasteiger partial charge >= 0.3 is 0 Å². The van der Waals surface area contributed by atoms with Crippen molar-refractivity contribution in [3.8, 4) is 11.3 Å². The van der Waals surface area contributed by atoms with Crippen LogP contribution in [-0.4, -0.2) is 64.7 Å². The van der Waals surface area contributed by atoms with E-state index in [4.69, 9.17) is 10.1 Å². The van der Waals surface area contributed by atoms with Crippen molar-refractivity contribution in [2.45, 2.75) is 38.5 Å². The normalized spacial score (nSPS) is 15.3. The summed E-state index contributed by atoms with van der Waals surface area (Å²) >= 11 is 0.923. The van der Waals surface area contributed by atoms with Crippen LogP contribution in [0.25, 0.3) is 16.9 Å². The molecule has 4 aromatic rings. The maximum absolute atomic E-state index is 14.9. The second-order valence-electron chi connectivity index (χ2n) is 9.68. The van der Waals surface area contributed by atoms with Gasteiger partial charge in [0.2, 0.25) is 15.2 Å². The molecule has 3 aromatic heterocycles. The first-order valence-corrected chi connectivity index (χ1v) is 15.4. The van der Waals surface area contributed by atoms with Crippen LogP contribution in [0, 0.1) is 10.9 Å². The Hall–Kier alpha value is -2.93. The van der Waals surface area contributed by atoms with E-state index in [1.807, 2.05) is 41.6 Å². The van der Waals surface area contributed by atoms with Crippen LogP contribution in [0.15, 0.2) is 42.6 Å². The van der Waals surface area contributed by atoms with Crippen molar-refractivity contribution in [1.29, 1.82) is 0 Å². The zero-order valence-electron chi connectivity index (χ0n) is 21.8. The van der Waals surface area contributed by atoms with E-state index in [-0.39, 0.29) is 30.4 Å². The fourth-order valence-corrected chi connectivity index (χ4v) is 7.39. The number of benzene rings is 1. The van der Waals surface area contributed by atoms with Gasteiger partial charge in [-0.15, -0.1) is 0 Å². The Balaban J connectivity index is 1.42. The Morgan fingerprint density at radius 3 is 2.49 bits per heavy atom. The number of rotatable bonds is 9. The third-order valence-corrected chi connectivity index (χ3v) is 10.1. The lowest BCUT2D eigenvalue weighted by molar-refractivity contribution is 0.290. The summed E-state index contributed by atoms with van der Waals surface area (Å²) in [5.74, 6) is 0.546. The largest absolute Gasteiger partial charge is 0.396 e. The molecule has 12 heteroatoms. The number of anilines is 2. The van der Waals surface area contributed by atoms with Crippen LogP contribution in [0.5, 0.6) is 0 Å². The molecule has 0 saturated carbocycles. The highest BCUT2D eigenvalue weighted by Gasteiger charge is 2.29. The number of aryl methyl sites for hydroxylation is 1. The van der Waals surface area contributed by atoms with E-state index < -0.39 is 21.0 Å². The molecule has 0 radical (unpaired) electrons. The molecule has 0 aliphatic carbocycles. The standard InChI is InChI=1S/C27H31F2N5O3S2/c1-3-22-26(32(2)27-31-24(25(29)38-27)19-5-8-21(28)9-6-19)34-17-20(7-10-23(34)30-22)18-11-13-33(14-12-18)39(36,37)16-4-15-35/h5-10,17-18,35H,3-4,11-16H2,1-2H3. The summed E-state index contributed by atoms with van der Waals surface area (Å²) in [5, 5.41) is 9.01. The molecule has 0 bridgehead atoms. The molecule has 5 rings (SSSR count). The number of aliphatic hydroxyl groups is 1. The number of pyridine rings is 1. The molecule has 0 spiro atoms. The minimum atomic E-state index is -3.36. The number of imidazole rings is 1. The zero-order valence-corrected chi connectivity index (χ0v) is 23.5. The fourth-order valence-electron chi connectivity index (χ4n) is 5.09. The molecule has 0 amide bonds. The summed E-state index contributed by atoms with van der Waals surface area (Å²) in [6.45, 7) is 2.76. The van der Waals surface area contributed by atoms with Crippen molar-refractivity contribution < 1.29 is 22.3 Å². The van der Waals surface area contributed by atoms with Gasteiger partial charge < -0.3 is 10.0 Å². The van der Waals surface area contributed by atoms with Gasteiger partial charge in [0.15, 0.2) is 5.13 Å². The molecule has 39 heavy (non-hydrogen) atoms. The maximum Gasteiger partial charge on any atom is 0.214 e. The van der Waals surface area contributed by atoms with Crippen LogP contribution in [-0.2, 0) is 16.4 Å².